The van der Waals surface area contributed by atoms with Crippen LogP contribution >= 0.6 is 0 Å². The smallest absolute Gasteiger partial charge is 0.305 e. The first kappa shape index (κ1) is 74.9. The van der Waals surface area contributed by atoms with Gasteiger partial charge in [0.05, 0.1) is 25.4 Å². The van der Waals surface area contributed by atoms with Crippen LogP contribution in [0, 0.1) is 0 Å². The van der Waals surface area contributed by atoms with Gasteiger partial charge in [-0.05, 0) is 25.7 Å². The fourth-order valence-corrected chi connectivity index (χ4v) is 11.5. The van der Waals surface area contributed by atoms with Crippen molar-refractivity contribution in [2.24, 2.45) is 0 Å². The van der Waals surface area contributed by atoms with Gasteiger partial charge < -0.3 is 20.3 Å². The van der Waals surface area contributed by atoms with Gasteiger partial charge in [-0.15, -0.1) is 0 Å². The van der Waals surface area contributed by atoms with Crippen LogP contribution in [-0.2, 0) is 14.3 Å². The topological polar surface area (TPSA) is 95.9 Å². The zero-order chi connectivity index (χ0) is 55.0. The van der Waals surface area contributed by atoms with Crippen LogP contribution < -0.4 is 5.32 Å². The molecule has 0 fully saturated rings. The highest BCUT2D eigenvalue weighted by Gasteiger charge is 2.20. The highest BCUT2D eigenvalue weighted by molar-refractivity contribution is 5.76. The molecule has 0 aliphatic carbocycles. The zero-order valence-electron chi connectivity index (χ0n) is 52.0. The number of amides is 1. The number of esters is 1. The number of nitrogens with one attached hydrogen (secondary N) is 1. The Kier molecular flexibility index (Phi) is 65.4. The number of rotatable bonds is 67. The second-order valence-corrected chi connectivity index (χ2v) is 24.6. The van der Waals surface area contributed by atoms with Crippen LogP contribution in [0.25, 0.3) is 0 Å². The van der Waals surface area contributed by atoms with Gasteiger partial charge in [-0.25, -0.2) is 0 Å². The third kappa shape index (κ3) is 62.1. The molecule has 0 bridgehead atoms. The third-order valence-corrected chi connectivity index (χ3v) is 16.9. The van der Waals surface area contributed by atoms with Crippen LogP contribution in [0.4, 0.5) is 0 Å². The zero-order valence-corrected chi connectivity index (χ0v) is 52.0. The Labute approximate surface area is 476 Å². The van der Waals surface area contributed by atoms with E-state index in [0.29, 0.717) is 25.9 Å². The van der Waals surface area contributed by atoms with Gasteiger partial charge >= 0.3 is 5.97 Å². The van der Waals surface area contributed by atoms with E-state index in [1.165, 1.54) is 340 Å². The van der Waals surface area contributed by atoms with Crippen molar-refractivity contribution in [2.75, 3.05) is 13.2 Å². The summed E-state index contributed by atoms with van der Waals surface area (Å²) in [5.41, 5.74) is 0. The molecule has 0 heterocycles. The summed E-state index contributed by atoms with van der Waals surface area (Å²) in [4.78, 5) is 24.6. The highest BCUT2D eigenvalue weighted by atomic mass is 16.5. The van der Waals surface area contributed by atoms with Gasteiger partial charge in [0.15, 0.2) is 0 Å². The number of carbonyl (C=O) groups is 2. The molecule has 0 aromatic carbocycles. The molecular formula is C70H139NO5. The lowest BCUT2D eigenvalue weighted by atomic mass is 10.0. The van der Waals surface area contributed by atoms with E-state index in [0.717, 1.165) is 38.5 Å². The number of carbonyl (C=O) groups excluding carboxylic acids is 2. The molecule has 0 rings (SSSR count). The molecule has 3 N–H and O–H groups in total. The minimum Gasteiger partial charge on any atom is -0.466 e. The Morgan fingerprint density at radius 2 is 0.539 bits per heavy atom. The Morgan fingerprint density at radius 1 is 0.316 bits per heavy atom. The molecule has 0 aliphatic rings. The van der Waals surface area contributed by atoms with Gasteiger partial charge in [0.2, 0.25) is 5.91 Å². The van der Waals surface area contributed by atoms with Crippen LogP contribution in [0.5, 0.6) is 0 Å². The van der Waals surface area contributed by atoms with E-state index >= 15 is 0 Å². The quantitative estimate of drug-likeness (QED) is 0.0417. The van der Waals surface area contributed by atoms with Crippen LogP contribution in [0.15, 0.2) is 0 Å². The maximum Gasteiger partial charge on any atom is 0.305 e. The van der Waals surface area contributed by atoms with Crippen molar-refractivity contribution < 1.29 is 24.5 Å². The van der Waals surface area contributed by atoms with Crippen LogP contribution in [0.2, 0.25) is 0 Å². The van der Waals surface area contributed by atoms with E-state index in [1.807, 2.05) is 0 Å². The Hall–Kier alpha value is -1.14. The average Bonchev–Trinajstić information content (AvgIpc) is 3.42. The van der Waals surface area contributed by atoms with Crippen molar-refractivity contribution in [3.8, 4) is 0 Å². The summed E-state index contributed by atoms with van der Waals surface area (Å²) >= 11 is 0. The van der Waals surface area contributed by atoms with Crippen LogP contribution in [0.1, 0.15) is 412 Å². The normalized spacial score (nSPS) is 12.4. The molecule has 6 nitrogen and oxygen atoms in total. The molecule has 1 amide bonds. The second kappa shape index (κ2) is 66.4. The Balaban J connectivity index is 3.35. The van der Waals surface area contributed by atoms with E-state index in [2.05, 4.69) is 19.2 Å². The number of ether oxygens (including phenoxy) is 1. The van der Waals surface area contributed by atoms with E-state index in [9.17, 15) is 19.8 Å². The molecule has 0 aliphatic heterocycles. The van der Waals surface area contributed by atoms with Crippen LogP contribution in [-0.4, -0.2) is 47.4 Å². The molecule has 6 heteroatoms. The Morgan fingerprint density at radius 3 is 0.803 bits per heavy atom. The lowest BCUT2D eigenvalue weighted by Crippen LogP contribution is -2.45. The maximum atomic E-state index is 12.5. The van der Waals surface area contributed by atoms with Gasteiger partial charge in [0, 0.05) is 12.8 Å². The van der Waals surface area contributed by atoms with Gasteiger partial charge in [-0.3, -0.25) is 9.59 Å². The van der Waals surface area contributed by atoms with Crippen molar-refractivity contribution in [1.29, 1.82) is 0 Å². The summed E-state index contributed by atoms with van der Waals surface area (Å²) in [5.74, 6) is -0.0108. The van der Waals surface area contributed by atoms with Crippen LogP contribution in [0.3, 0.4) is 0 Å². The summed E-state index contributed by atoms with van der Waals surface area (Å²) in [6.45, 7) is 5.01. The summed E-state index contributed by atoms with van der Waals surface area (Å²) in [6.07, 6.45) is 80.0. The number of unbranched alkanes of at least 4 members (excludes halogenated alkanes) is 56. The van der Waals surface area contributed by atoms with Gasteiger partial charge in [0.1, 0.15) is 0 Å². The van der Waals surface area contributed by atoms with E-state index in [1.54, 1.807) is 0 Å². The number of aliphatic hydroxyl groups is 2. The molecule has 0 spiro atoms. The fraction of sp³-hybridized carbons (Fsp3) is 0.971. The Bertz CT molecular complexity index is 1100. The SMILES string of the molecule is CCCCCCCCCCCCCCCCCCCCCC(O)C(CO)NC(=O)CCCCCCCCCCCCCCCCCCCCCCCCOC(=O)CCCCCCCCCCCCCCCCCCCC. The van der Waals surface area contributed by atoms with Crippen molar-refractivity contribution in [3.63, 3.8) is 0 Å². The lowest BCUT2D eigenvalue weighted by Gasteiger charge is -2.22. The first-order chi connectivity index (χ1) is 37.5. The van der Waals surface area contributed by atoms with Crippen molar-refractivity contribution in [1.82, 2.24) is 5.32 Å². The predicted molar refractivity (Wildman–Crippen MR) is 334 cm³/mol. The molecule has 2 atom stereocenters. The summed E-state index contributed by atoms with van der Waals surface area (Å²) in [6, 6.07) is -0.541. The minimum absolute atomic E-state index is 0.0192. The summed E-state index contributed by atoms with van der Waals surface area (Å²) in [5, 5.41) is 23.4. The standard InChI is InChI=1S/C70H139NO5/c1-3-5-7-9-11-13-15-17-19-21-27-30-34-38-42-46-50-54-58-62-68(73)67(66-72)71-69(74)63-59-55-51-47-43-39-35-31-28-25-23-24-26-29-33-37-41-45-49-53-57-61-65-76-70(75)64-60-56-52-48-44-40-36-32-22-20-18-16-14-12-10-8-6-4-2/h67-68,72-73H,3-66H2,1-2H3,(H,71,74). The second-order valence-electron chi connectivity index (χ2n) is 24.6. The van der Waals surface area contributed by atoms with E-state index < -0.39 is 12.1 Å². The molecule has 0 aromatic rings. The molecule has 0 aromatic heterocycles. The maximum absolute atomic E-state index is 12.5. The van der Waals surface area contributed by atoms with Gasteiger partial charge in [-0.1, -0.05) is 373 Å². The third-order valence-electron chi connectivity index (χ3n) is 16.9. The average molecular weight is 1070 g/mol. The number of aliphatic hydroxyl groups excluding tert-OH is 2. The first-order valence-corrected chi connectivity index (χ1v) is 35.3. The predicted octanol–water partition coefficient (Wildman–Crippen LogP) is 22.6. The molecular weight excluding hydrogens is 935 g/mol. The van der Waals surface area contributed by atoms with Crippen molar-refractivity contribution in [3.05, 3.63) is 0 Å². The van der Waals surface area contributed by atoms with Gasteiger partial charge in [0.25, 0.3) is 0 Å². The van der Waals surface area contributed by atoms with E-state index in [-0.39, 0.29) is 18.5 Å². The number of hydrogen-bond donors (Lipinski definition) is 3. The molecule has 0 radical (unpaired) electrons. The lowest BCUT2D eigenvalue weighted by molar-refractivity contribution is -0.143. The minimum atomic E-state index is -0.664. The molecule has 76 heavy (non-hydrogen) atoms. The fourth-order valence-electron chi connectivity index (χ4n) is 11.5. The van der Waals surface area contributed by atoms with Crippen molar-refractivity contribution >= 4 is 11.9 Å². The van der Waals surface area contributed by atoms with E-state index in [4.69, 9.17) is 4.74 Å². The van der Waals surface area contributed by atoms with Crippen molar-refractivity contribution in [2.45, 2.75) is 424 Å². The summed E-state index contributed by atoms with van der Waals surface area (Å²) < 4.78 is 5.51. The number of hydrogen-bond acceptors (Lipinski definition) is 5. The molecule has 0 saturated heterocycles. The molecule has 2 unspecified atom stereocenters. The molecule has 454 valence electrons. The highest BCUT2D eigenvalue weighted by Crippen LogP contribution is 2.20. The first-order valence-electron chi connectivity index (χ1n) is 35.3. The largest absolute Gasteiger partial charge is 0.466 e. The monoisotopic (exact) mass is 1070 g/mol. The summed E-state index contributed by atoms with van der Waals surface area (Å²) in [7, 11) is 0. The molecule has 0 saturated carbocycles. The van der Waals surface area contributed by atoms with Gasteiger partial charge in [-0.2, -0.15) is 0 Å².